The lowest BCUT2D eigenvalue weighted by atomic mass is 10.3. The molecule has 0 aromatic heterocycles. The van der Waals surface area contributed by atoms with Gasteiger partial charge in [-0.2, -0.15) is 0 Å². The molecule has 0 aromatic carbocycles. The van der Waals surface area contributed by atoms with Gasteiger partial charge in [-0.05, 0) is 33.1 Å². The van der Waals surface area contributed by atoms with Crippen molar-refractivity contribution in [1.29, 1.82) is 0 Å². The molecule has 55 heavy (non-hydrogen) atoms. The number of hydrogen-bond acceptors (Lipinski definition) is 16. The molecule has 4 N–H and O–H groups in total. The first-order chi connectivity index (χ1) is 25.8. The summed E-state index contributed by atoms with van der Waals surface area (Å²) < 4.78 is 72.1. The zero-order valence-electron chi connectivity index (χ0n) is 33.7. The van der Waals surface area contributed by atoms with Gasteiger partial charge >= 0.3 is 21.6 Å². The van der Waals surface area contributed by atoms with Gasteiger partial charge in [0, 0.05) is 40.7 Å². The molecule has 2 unspecified atom stereocenters. The average molecular weight is 837 g/mol. The number of aliphatic hydroxyl groups excluding tert-OH is 1. The lowest BCUT2D eigenvalue weighted by Crippen LogP contribution is -2.40. The van der Waals surface area contributed by atoms with Crippen molar-refractivity contribution in [2.24, 2.45) is 0 Å². The second-order valence-corrected chi connectivity index (χ2v) is 15.0. The molecule has 0 radical (unpaired) electrons. The summed E-state index contributed by atoms with van der Waals surface area (Å²) in [5.41, 5.74) is 0. The molecule has 0 aromatic rings. The number of carbonyl (C=O) groups is 4. The molecule has 0 saturated carbocycles. The van der Waals surface area contributed by atoms with Gasteiger partial charge in [-0.25, -0.2) is 9.13 Å². The van der Waals surface area contributed by atoms with Crippen LogP contribution in [0.15, 0.2) is 25.3 Å². The summed E-state index contributed by atoms with van der Waals surface area (Å²) in [4.78, 5) is 42.5. The first kappa shape index (κ1) is 56.8. The molecule has 6 atom stereocenters. The maximum Gasteiger partial charge on any atom is 0.475 e. The van der Waals surface area contributed by atoms with Crippen LogP contribution in [0.2, 0.25) is 0 Å². The van der Waals surface area contributed by atoms with Crippen LogP contribution < -0.4 is 10.6 Å². The second-order valence-electron chi connectivity index (χ2n) is 11.6. The largest absolute Gasteiger partial charge is 0.481 e. The summed E-state index contributed by atoms with van der Waals surface area (Å²) in [7, 11) is -7.48. The van der Waals surface area contributed by atoms with E-state index in [4.69, 9.17) is 51.3 Å². The minimum Gasteiger partial charge on any atom is -0.481 e. The van der Waals surface area contributed by atoms with Crippen molar-refractivity contribution in [3.8, 4) is 0 Å². The molecule has 2 amide bonds. The van der Waals surface area contributed by atoms with E-state index in [1.165, 1.54) is 32.9 Å². The Balaban J connectivity index is -0.000000899. The number of rotatable bonds is 31. The molecule has 21 heteroatoms. The predicted molar refractivity (Wildman–Crippen MR) is 204 cm³/mol. The standard InChI is InChI=1S/C17H32NO8P.C15H30NO7P.C2H4O2/c1-6-9-23-27(21,24-10-7-2)25-13-17(18-15(4)19)12-22-11-8-14(3)26-16(5)20;1-5-8-21-24(19,22-9-6-2)23-12-15(16-14(4)18)11-20-10-7-13(3)17;1-2(3)4/h6,14,17H,1,7-13H2,2-5H3,(H,18,19);5,13,15,17H,1,6-12H2,2-4H3,(H,16,18);1H3,(H,3,4)/t14-,17+,27?;13-,15+,24?;/m11./s1. The number of aliphatic hydroxyl groups is 1. The van der Waals surface area contributed by atoms with E-state index in [1.54, 1.807) is 13.8 Å². The molecule has 0 saturated heterocycles. The highest BCUT2D eigenvalue weighted by Crippen LogP contribution is 2.50. The van der Waals surface area contributed by atoms with Gasteiger partial charge < -0.3 is 35.1 Å². The number of carboxylic acids is 1. The van der Waals surface area contributed by atoms with E-state index in [-0.39, 0.29) is 76.7 Å². The highest BCUT2D eigenvalue weighted by atomic mass is 31.2. The van der Waals surface area contributed by atoms with Crippen LogP contribution >= 0.6 is 15.6 Å². The summed E-state index contributed by atoms with van der Waals surface area (Å²) in [6.45, 7) is 20.5. The third-order valence-corrected chi connectivity index (χ3v) is 8.50. The van der Waals surface area contributed by atoms with Gasteiger partial charge in [-0.15, -0.1) is 13.2 Å². The number of carboxylic acid groups (broad SMARTS) is 1. The van der Waals surface area contributed by atoms with Crippen molar-refractivity contribution < 1.29 is 79.9 Å². The van der Waals surface area contributed by atoms with Gasteiger partial charge in [0.2, 0.25) is 11.8 Å². The smallest absolute Gasteiger partial charge is 0.475 e. The highest BCUT2D eigenvalue weighted by molar-refractivity contribution is 7.48. The molecule has 0 aliphatic heterocycles. The number of phosphoric ester groups is 2. The van der Waals surface area contributed by atoms with Crippen LogP contribution in [0.4, 0.5) is 0 Å². The maximum absolute atomic E-state index is 12.5. The number of ether oxygens (including phenoxy) is 3. The van der Waals surface area contributed by atoms with Crippen LogP contribution in [0, 0.1) is 0 Å². The van der Waals surface area contributed by atoms with Crippen LogP contribution in [-0.2, 0) is 69.7 Å². The average Bonchev–Trinajstić information content (AvgIpc) is 3.09. The molecule has 0 heterocycles. The van der Waals surface area contributed by atoms with Crippen molar-refractivity contribution in [2.75, 3.05) is 66.1 Å². The fourth-order valence-corrected chi connectivity index (χ4v) is 5.98. The van der Waals surface area contributed by atoms with Gasteiger partial charge in [0.25, 0.3) is 5.97 Å². The van der Waals surface area contributed by atoms with Gasteiger partial charge in [-0.1, -0.05) is 26.0 Å². The summed E-state index contributed by atoms with van der Waals surface area (Å²) in [6, 6.07) is -1.06. The third kappa shape index (κ3) is 40.9. The highest BCUT2D eigenvalue weighted by Gasteiger charge is 2.29. The summed E-state index contributed by atoms with van der Waals surface area (Å²) >= 11 is 0. The quantitative estimate of drug-likeness (QED) is 0.0319. The monoisotopic (exact) mass is 836 g/mol. The minimum atomic E-state index is -3.76. The molecular formula is C34H66N2O17P2. The number of hydrogen-bond donors (Lipinski definition) is 4. The predicted octanol–water partition coefficient (Wildman–Crippen LogP) is 4.73. The number of nitrogens with one attached hydrogen (secondary N) is 2. The lowest BCUT2D eigenvalue weighted by Gasteiger charge is -2.22. The SMILES string of the molecule is C=CCOP(=O)(OCCC)OC[C@H](COCC[C@@H](C)O)NC(C)=O.C=CCOP(=O)(OCCC)OC[C@H](COCC[C@@H](C)OC(C)=O)NC(C)=O.CC(=O)O. The normalized spacial score (nSPS) is 15.1. The van der Waals surface area contributed by atoms with Crippen molar-refractivity contribution in [2.45, 2.75) is 105 Å². The van der Waals surface area contributed by atoms with Crippen LogP contribution in [0.5, 0.6) is 0 Å². The van der Waals surface area contributed by atoms with E-state index in [0.717, 1.165) is 6.92 Å². The van der Waals surface area contributed by atoms with E-state index in [9.17, 15) is 28.6 Å². The van der Waals surface area contributed by atoms with Crippen molar-refractivity contribution in [3.63, 3.8) is 0 Å². The van der Waals surface area contributed by atoms with Crippen LogP contribution in [0.1, 0.15) is 81.1 Å². The Labute approximate surface area is 326 Å². The Morgan fingerprint density at radius 1 is 0.655 bits per heavy atom. The zero-order valence-corrected chi connectivity index (χ0v) is 35.5. The molecule has 0 aliphatic rings. The third-order valence-electron chi connectivity index (χ3n) is 5.64. The summed E-state index contributed by atoms with van der Waals surface area (Å²) in [5, 5.41) is 21.9. The van der Waals surface area contributed by atoms with E-state index in [1.807, 2.05) is 13.8 Å². The van der Waals surface area contributed by atoms with E-state index >= 15 is 0 Å². The van der Waals surface area contributed by atoms with Crippen molar-refractivity contribution >= 4 is 39.4 Å². The fourth-order valence-electron chi connectivity index (χ4n) is 3.41. The molecule has 19 nitrogen and oxygen atoms in total. The number of amides is 2. The zero-order chi connectivity index (χ0) is 42.7. The first-order valence-electron chi connectivity index (χ1n) is 17.8. The summed E-state index contributed by atoms with van der Waals surface area (Å²) in [5.74, 6) is -1.73. The van der Waals surface area contributed by atoms with E-state index in [0.29, 0.717) is 38.9 Å². The molecule has 0 aliphatic carbocycles. The molecule has 0 spiro atoms. The topological polar surface area (TPSA) is 250 Å². The Morgan fingerprint density at radius 2 is 1.04 bits per heavy atom. The number of carbonyl (C=O) groups excluding carboxylic acids is 3. The van der Waals surface area contributed by atoms with Crippen LogP contribution in [-0.4, -0.2) is 124 Å². The van der Waals surface area contributed by atoms with Gasteiger partial charge in [0.05, 0.1) is 77.6 Å². The molecule has 0 fully saturated rings. The number of phosphoric acid groups is 2. The molecule has 0 bridgehead atoms. The van der Waals surface area contributed by atoms with Crippen LogP contribution in [0.3, 0.4) is 0 Å². The number of aliphatic carboxylic acids is 1. The maximum atomic E-state index is 12.5. The van der Waals surface area contributed by atoms with Gasteiger partial charge in [0.1, 0.15) is 6.10 Å². The Morgan fingerprint density at radius 3 is 1.35 bits per heavy atom. The number of esters is 1. The van der Waals surface area contributed by atoms with Gasteiger partial charge in [-0.3, -0.25) is 46.3 Å². The minimum absolute atomic E-state index is 0.0103. The lowest BCUT2D eigenvalue weighted by molar-refractivity contribution is -0.146. The Kier molecular flexibility index (Phi) is 37.0. The van der Waals surface area contributed by atoms with Crippen LogP contribution in [0.25, 0.3) is 0 Å². The molecular weight excluding hydrogens is 770 g/mol. The summed E-state index contributed by atoms with van der Waals surface area (Å²) in [6.07, 6.45) is 4.43. The van der Waals surface area contributed by atoms with E-state index < -0.39 is 39.8 Å². The van der Waals surface area contributed by atoms with Crippen molar-refractivity contribution in [3.05, 3.63) is 25.3 Å². The molecule has 324 valence electrons. The molecule has 0 rings (SSSR count). The fraction of sp³-hybridized carbons (Fsp3) is 0.765. The van der Waals surface area contributed by atoms with E-state index in [2.05, 4.69) is 23.8 Å². The Bertz CT molecular complexity index is 1150. The van der Waals surface area contributed by atoms with Gasteiger partial charge in [0.15, 0.2) is 0 Å². The first-order valence-corrected chi connectivity index (χ1v) is 20.7. The van der Waals surface area contributed by atoms with Crippen molar-refractivity contribution in [1.82, 2.24) is 10.6 Å². The second kappa shape index (κ2) is 35.8. The Hall–Kier alpha value is -2.54.